The van der Waals surface area contributed by atoms with Crippen LogP contribution in [0.15, 0.2) is 36.4 Å². The summed E-state index contributed by atoms with van der Waals surface area (Å²) in [5.74, 6) is 0.635. The van der Waals surface area contributed by atoms with E-state index in [0.29, 0.717) is 20.8 Å². The largest absolute Gasteiger partial charge is 0.504 e. The van der Waals surface area contributed by atoms with Gasteiger partial charge in [0.1, 0.15) is 5.75 Å². The van der Waals surface area contributed by atoms with Crippen LogP contribution in [0.3, 0.4) is 0 Å². The lowest BCUT2D eigenvalue weighted by molar-refractivity contribution is -0.870. The lowest BCUT2D eigenvalue weighted by Gasteiger charge is -2.23. The van der Waals surface area contributed by atoms with Crippen molar-refractivity contribution in [2.75, 3.05) is 27.7 Å². The maximum Gasteiger partial charge on any atom is 0.169 e. The van der Waals surface area contributed by atoms with E-state index in [1.54, 1.807) is 30.3 Å². The summed E-state index contributed by atoms with van der Waals surface area (Å²) in [6.07, 6.45) is 14.4. The monoisotopic (exact) mass is 516 g/mol. The van der Waals surface area contributed by atoms with Gasteiger partial charge >= 0.3 is 0 Å². The standard InChI is InChI=1S/C15H34N.C12H7Cl3O2/c1-5-6-7-8-9-10-11-12-13-14-15-16(2,3)4;13-7-1-3-11(9(15)5-7)17-12-4-2-8(14)6-10(12)16/h5-15H2,1-4H3;1-6,16H/q+1;. The fourth-order valence-electron chi connectivity index (χ4n) is 3.33. The quantitative estimate of drug-likeness (QED) is 0.211. The van der Waals surface area contributed by atoms with E-state index in [2.05, 4.69) is 28.1 Å². The molecule has 0 spiro atoms. The Morgan fingerprint density at radius 1 is 0.697 bits per heavy atom. The molecule has 186 valence electrons. The first-order valence-corrected chi connectivity index (χ1v) is 13.2. The second-order valence-corrected chi connectivity index (χ2v) is 10.8. The van der Waals surface area contributed by atoms with Gasteiger partial charge in [0.15, 0.2) is 11.5 Å². The number of quaternary nitrogens is 1. The van der Waals surface area contributed by atoms with Crippen LogP contribution >= 0.6 is 34.8 Å². The molecule has 0 aliphatic heterocycles. The van der Waals surface area contributed by atoms with Gasteiger partial charge in [-0.05, 0) is 43.2 Å². The summed E-state index contributed by atoms with van der Waals surface area (Å²) < 4.78 is 6.57. The van der Waals surface area contributed by atoms with Gasteiger partial charge in [0, 0.05) is 16.1 Å². The molecule has 3 nitrogen and oxygen atoms in total. The van der Waals surface area contributed by atoms with Crippen molar-refractivity contribution < 1.29 is 14.3 Å². The van der Waals surface area contributed by atoms with E-state index in [0.717, 1.165) is 4.48 Å². The Morgan fingerprint density at radius 3 is 1.67 bits per heavy atom. The third-order valence-corrected chi connectivity index (χ3v) is 5.98. The van der Waals surface area contributed by atoms with E-state index < -0.39 is 0 Å². The zero-order valence-electron chi connectivity index (χ0n) is 20.7. The summed E-state index contributed by atoms with van der Waals surface area (Å²) in [6.45, 7) is 3.62. The zero-order chi connectivity index (χ0) is 24.7. The molecule has 33 heavy (non-hydrogen) atoms. The van der Waals surface area contributed by atoms with Crippen LogP contribution in [0.5, 0.6) is 17.2 Å². The molecule has 1 N–H and O–H groups in total. The van der Waals surface area contributed by atoms with Crippen molar-refractivity contribution in [3.63, 3.8) is 0 Å². The maximum atomic E-state index is 9.62. The highest BCUT2D eigenvalue weighted by Crippen LogP contribution is 2.36. The van der Waals surface area contributed by atoms with Gasteiger partial charge in [-0.25, -0.2) is 0 Å². The Bertz CT molecular complexity index is 757. The van der Waals surface area contributed by atoms with Gasteiger partial charge in [0.05, 0.1) is 32.7 Å². The molecule has 0 atom stereocenters. The molecule has 6 heteroatoms. The van der Waals surface area contributed by atoms with Crippen molar-refractivity contribution in [1.82, 2.24) is 0 Å². The van der Waals surface area contributed by atoms with Gasteiger partial charge in [-0.15, -0.1) is 0 Å². The van der Waals surface area contributed by atoms with Crippen molar-refractivity contribution in [3.8, 4) is 17.2 Å². The highest BCUT2D eigenvalue weighted by atomic mass is 35.5. The van der Waals surface area contributed by atoms with Crippen LogP contribution in [0.4, 0.5) is 0 Å². The number of hydrogen-bond donors (Lipinski definition) is 1. The highest BCUT2D eigenvalue weighted by Gasteiger charge is 2.08. The second-order valence-electron chi connectivity index (χ2n) is 9.48. The van der Waals surface area contributed by atoms with Crippen LogP contribution in [0.25, 0.3) is 0 Å². The SMILES string of the molecule is CCCCCCCCCCCC[N+](C)(C)C.Oc1cc(Cl)ccc1Oc1ccc(Cl)cc1Cl. The fraction of sp³-hybridized carbons (Fsp3) is 0.556. The van der Waals surface area contributed by atoms with Crippen LogP contribution in [-0.2, 0) is 0 Å². The number of aromatic hydroxyl groups is 1. The van der Waals surface area contributed by atoms with Gasteiger partial charge in [-0.1, -0.05) is 93.1 Å². The number of hydrogen-bond acceptors (Lipinski definition) is 2. The molecule has 2 aromatic carbocycles. The number of phenols is 1. The summed E-state index contributed by atoms with van der Waals surface area (Å²) in [4.78, 5) is 0. The number of nitrogens with zero attached hydrogens (tertiary/aromatic N) is 1. The minimum atomic E-state index is -0.0523. The second kappa shape index (κ2) is 16.5. The van der Waals surface area contributed by atoms with Crippen LogP contribution in [0.1, 0.15) is 71.1 Å². The average Bonchev–Trinajstić information content (AvgIpc) is 2.73. The molecule has 0 aliphatic rings. The third kappa shape index (κ3) is 14.7. The lowest BCUT2D eigenvalue weighted by Crippen LogP contribution is -2.35. The van der Waals surface area contributed by atoms with Gasteiger partial charge < -0.3 is 14.3 Å². The van der Waals surface area contributed by atoms with E-state index in [1.807, 2.05) is 0 Å². The molecular formula is C27H41Cl3NO2+. The van der Waals surface area contributed by atoms with Gasteiger partial charge in [-0.2, -0.15) is 0 Å². The summed E-state index contributed by atoms with van der Waals surface area (Å²) in [5, 5.41) is 10.9. The van der Waals surface area contributed by atoms with Crippen LogP contribution in [0, 0.1) is 0 Å². The maximum absolute atomic E-state index is 9.62. The third-order valence-electron chi connectivity index (χ3n) is 5.22. The van der Waals surface area contributed by atoms with Crippen LogP contribution < -0.4 is 4.74 Å². The molecule has 0 radical (unpaired) electrons. The molecule has 0 aromatic heterocycles. The minimum absolute atomic E-state index is 0.0523. The first-order valence-electron chi connectivity index (χ1n) is 12.0. The normalized spacial score (nSPS) is 11.1. The predicted molar refractivity (Wildman–Crippen MR) is 144 cm³/mol. The summed E-state index contributed by atoms with van der Waals surface area (Å²) in [5.41, 5.74) is 0. The Hall–Kier alpha value is -1.13. The smallest absolute Gasteiger partial charge is 0.169 e. The van der Waals surface area contributed by atoms with E-state index in [1.165, 1.54) is 76.8 Å². The number of halogens is 3. The van der Waals surface area contributed by atoms with Crippen molar-refractivity contribution in [2.45, 2.75) is 71.1 Å². The van der Waals surface area contributed by atoms with Crippen molar-refractivity contribution >= 4 is 34.8 Å². The molecule has 0 unspecified atom stereocenters. The molecule has 0 aliphatic carbocycles. The van der Waals surface area contributed by atoms with E-state index in [-0.39, 0.29) is 11.5 Å². The summed E-state index contributed by atoms with van der Waals surface area (Å²) >= 11 is 17.4. The molecule has 0 heterocycles. The molecule has 2 rings (SSSR count). The summed E-state index contributed by atoms with van der Waals surface area (Å²) in [6, 6.07) is 9.39. The molecule has 0 fully saturated rings. The Morgan fingerprint density at radius 2 is 1.18 bits per heavy atom. The van der Waals surface area contributed by atoms with E-state index in [9.17, 15) is 5.11 Å². The van der Waals surface area contributed by atoms with Crippen molar-refractivity contribution in [1.29, 1.82) is 0 Å². The van der Waals surface area contributed by atoms with Crippen LogP contribution in [-0.4, -0.2) is 37.3 Å². The highest BCUT2D eigenvalue weighted by molar-refractivity contribution is 6.35. The molecule has 0 amide bonds. The Kier molecular flexibility index (Phi) is 14.9. The lowest BCUT2D eigenvalue weighted by atomic mass is 10.1. The van der Waals surface area contributed by atoms with Gasteiger partial charge in [0.25, 0.3) is 0 Å². The van der Waals surface area contributed by atoms with Crippen LogP contribution in [0.2, 0.25) is 15.1 Å². The Labute approximate surface area is 216 Å². The average molecular weight is 518 g/mol. The minimum Gasteiger partial charge on any atom is -0.504 e. The van der Waals surface area contributed by atoms with Gasteiger partial charge in [0.2, 0.25) is 0 Å². The first-order chi connectivity index (χ1) is 15.6. The number of benzene rings is 2. The zero-order valence-corrected chi connectivity index (χ0v) is 22.9. The molecule has 0 bridgehead atoms. The number of unbranched alkanes of at least 4 members (excludes halogenated alkanes) is 9. The first kappa shape index (κ1) is 29.9. The Balaban J connectivity index is 0.000000331. The van der Waals surface area contributed by atoms with Crippen molar-refractivity contribution in [2.24, 2.45) is 0 Å². The number of rotatable bonds is 13. The predicted octanol–water partition coefficient (Wildman–Crippen LogP) is 9.76. The molecule has 0 saturated carbocycles. The number of phenolic OH excluding ortho intramolecular Hbond substituents is 1. The molecule has 0 saturated heterocycles. The molecular weight excluding hydrogens is 477 g/mol. The summed E-state index contributed by atoms with van der Waals surface area (Å²) in [7, 11) is 6.86. The molecule has 2 aromatic rings. The van der Waals surface area contributed by atoms with E-state index >= 15 is 0 Å². The van der Waals surface area contributed by atoms with E-state index in [4.69, 9.17) is 39.5 Å². The number of ether oxygens (including phenoxy) is 1. The fourth-order valence-corrected chi connectivity index (χ4v) is 3.94. The topological polar surface area (TPSA) is 29.5 Å². The van der Waals surface area contributed by atoms with Gasteiger partial charge in [-0.3, -0.25) is 0 Å². The van der Waals surface area contributed by atoms with Crippen molar-refractivity contribution in [3.05, 3.63) is 51.5 Å².